The third-order valence-electron chi connectivity index (χ3n) is 2.46. The first-order chi connectivity index (χ1) is 9.18. The minimum Gasteiger partial charge on any atom is -0.370 e. The summed E-state index contributed by atoms with van der Waals surface area (Å²) in [4.78, 5) is 26.7. The number of nitrogens with zero attached hydrogens (tertiary/aromatic N) is 2. The maximum Gasteiger partial charge on any atom is 0.255 e. The smallest absolute Gasteiger partial charge is 0.255 e. The Morgan fingerprint density at radius 1 is 1.37 bits per heavy atom. The number of carbonyl (C=O) groups excluding carboxylic acids is 2. The lowest BCUT2D eigenvalue weighted by molar-refractivity contribution is -0.117. The zero-order chi connectivity index (χ0) is 13.7. The minimum atomic E-state index is -0.461. The van der Waals surface area contributed by atoms with Gasteiger partial charge in [0.05, 0.1) is 23.1 Å². The van der Waals surface area contributed by atoms with Crippen LogP contribution in [0.3, 0.4) is 0 Å². The Labute approximate surface area is 109 Å². The molecule has 0 atom stereocenters. The molecule has 2 aromatic heterocycles. The van der Waals surface area contributed by atoms with E-state index < -0.39 is 5.91 Å². The molecule has 0 aliphatic rings. The minimum absolute atomic E-state index is 0.0997. The van der Waals surface area contributed by atoms with Crippen molar-refractivity contribution < 1.29 is 9.59 Å². The Kier molecular flexibility index (Phi) is 3.87. The third kappa shape index (κ3) is 3.15. The van der Waals surface area contributed by atoms with Gasteiger partial charge in [0, 0.05) is 19.2 Å². The van der Waals surface area contributed by atoms with Crippen molar-refractivity contribution in [3.05, 3.63) is 36.2 Å². The molecule has 0 radical (unpaired) electrons. The number of amides is 2. The molecule has 0 aliphatic heterocycles. The Morgan fingerprint density at radius 3 is 2.89 bits per heavy atom. The van der Waals surface area contributed by atoms with Crippen molar-refractivity contribution >= 4 is 11.8 Å². The summed E-state index contributed by atoms with van der Waals surface area (Å²) in [5.41, 5.74) is 6.54. The summed E-state index contributed by atoms with van der Waals surface area (Å²) in [5, 5.41) is 9.18. The molecule has 19 heavy (non-hydrogen) atoms. The second kappa shape index (κ2) is 5.76. The second-order valence-corrected chi connectivity index (χ2v) is 3.85. The van der Waals surface area contributed by atoms with Crippen molar-refractivity contribution in [2.45, 2.75) is 6.42 Å². The lowest BCUT2D eigenvalue weighted by Gasteiger charge is -2.04. The van der Waals surface area contributed by atoms with Gasteiger partial charge in [-0.2, -0.15) is 5.10 Å². The molecule has 0 aromatic carbocycles. The number of rotatable bonds is 5. The quantitative estimate of drug-likeness (QED) is 0.705. The molecule has 4 N–H and O–H groups in total. The van der Waals surface area contributed by atoms with Crippen LogP contribution in [0.15, 0.2) is 30.6 Å². The number of hydrogen-bond acceptors (Lipinski definition) is 4. The summed E-state index contributed by atoms with van der Waals surface area (Å²) in [7, 11) is 0. The molecule has 0 unspecified atom stereocenters. The number of pyridine rings is 1. The van der Waals surface area contributed by atoms with Gasteiger partial charge in [0.1, 0.15) is 0 Å². The summed E-state index contributed by atoms with van der Waals surface area (Å²) < 4.78 is 0. The van der Waals surface area contributed by atoms with Crippen molar-refractivity contribution in [1.29, 1.82) is 0 Å². The molecule has 2 heterocycles. The van der Waals surface area contributed by atoms with E-state index in [4.69, 9.17) is 5.73 Å². The van der Waals surface area contributed by atoms with E-state index in [2.05, 4.69) is 20.5 Å². The molecule has 0 spiro atoms. The van der Waals surface area contributed by atoms with Crippen LogP contribution in [0.2, 0.25) is 0 Å². The highest BCUT2D eigenvalue weighted by atomic mass is 16.2. The Hall–Kier alpha value is -2.70. The monoisotopic (exact) mass is 259 g/mol. The van der Waals surface area contributed by atoms with Crippen molar-refractivity contribution in [2.24, 2.45) is 5.73 Å². The number of hydrogen-bond donors (Lipinski definition) is 3. The molecular weight excluding hydrogens is 246 g/mol. The molecule has 0 saturated heterocycles. The van der Waals surface area contributed by atoms with Gasteiger partial charge in [-0.05, 0) is 12.1 Å². The van der Waals surface area contributed by atoms with E-state index in [1.165, 1.54) is 6.20 Å². The number of carbonyl (C=O) groups is 2. The Bertz CT molecular complexity index is 579. The maximum absolute atomic E-state index is 11.9. The molecule has 7 heteroatoms. The lowest BCUT2D eigenvalue weighted by atomic mass is 10.1. The molecule has 0 saturated carbocycles. The average molecular weight is 259 g/mol. The van der Waals surface area contributed by atoms with Crippen LogP contribution in [0.5, 0.6) is 0 Å². The van der Waals surface area contributed by atoms with E-state index in [0.717, 1.165) is 0 Å². The van der Waals surface area contributed by atoms with Crippen LogP contribution >= 0.6 is 0 Å². The van der Waals surface area contributed by atoms with Gasteiger partial charge >= 0.3 is 0 Å². The van der Waals surface area contributed by atoms with E-state index in [1.807, 2.05) is 6.07 Å². The van der Waals surface area contributed by atoms with Crippen molar-refractivity contribution in [1.82, 2.24) is 20.5 Å². The van der Waals surface area contributed by atoms with Gasteiger partial charge in [-0.3, -0.25) is 19.7 Å². The molecule has 98 valence electrons. The highest BCUT2D eigenvalue weighted by Gasteiger charge is 2.15. The fourth-order valence-corrected chi connectivity index (χ4v) is 1.56. The van der Waals surface area contributed by atoms with Gasteiger partial charge in [-0.15, -0.1) is 0 Å². The maximum atomic E-state index is 11.9. The first-order valence-corrected chi connectivity index (χ1v) is 5.69. The van der Waals surface area contributed by atoms with Crippen molar-refractivity contribution in [3.63, 3.8) is 0 Å². The topological polar surface area (TPSA) is 114 Å². The second-order valence-electron chi connectivity index (χ2n) is 3.85. The van der Waals surface area contributed by atoms with Crippen molar-refractivity contribution in [3.8, 4) is 11.4 Å². The summed E-state index contributed by atoms with van der Waals surface area (Å²) in [6.45, 7) is 0.195. The van der Waals surface area contributed by atoms with Gasteiger partial charge in [-0.25, -0.2) is 0 Å². The Balaban J connectivity index is 2.11. The fourth-order valence-electron chi connectivity index (χ4n) is 1.56. The normalized spacial score (nSPS) is 10.1. The summed E-state index contributed by atoms with van der Waals surface area (Å²) in [5.74, 6) is -0.784. The number of nitrogens with two attached hydrogens (primary N) is 1. The van der Waals surface area contributed by atoms with E-state index in [1.54, 1.807) is 18.3 Å². The highest BCUT2D eigenvalue weighted by Crippen LogP contribution is 2.17. The van der Waals surface area contributed by atoms with Crippen LogP contribution in [0.25, 0.3) is 11.4 Å². The lowest BCUT2D eigenvalue weighted by Crippen LogP contribution is -2.28. The van der Waals surface area contributed by atoms with Crippen LogP contribution < -0.4 is 11.1 Å². The zero-order valence-electron chi connectivity index (χ0n) is 10.1. The van der Waals surface area contributed by atoms with Gasteiger partial charge in [0.25, 0.3) is 5.91 Å². The first-order valence-electron chi connectivity index (χ1n) is 5.69. The molecule has 2 rings (SSSR count). The number of aromatic amines is 1. The molecule has 2 aromatic rings. The van der Waals surface area contributed by atoms with Gasteiger partial charge in [-0.1, -0.05) is 6.07 Å². The van der Waals surface area contributed by atoms with E-state index in [0.29, 0.717) is 17.0 Å². The molecule has 0 fully saturated rings. The number of H-pyrrole nitrogens is 1. The average Bonchev–Trinajstić information content (AvgIpc) is 2.88. The molecule has 0 aliphatic carbocycles. The van der Waals surface area contributed by atoms with Crippen molar-refractivity contribution in [2.75, 3.05) is 6.54 Å². The van der Waals surface area contributed by atoms with Crippen LogP contribution in [0.4, 0.5) is 0 Å². The predicted octanol–water partition coefficient (Wildman–Crippen LogP) is 0.0769. The number of nitrogens with one attached hydrogen (secondary N) is 2. The first kappa shape index (κ1) is 12.7. The van der Waals surface area contributed by atoms with Crippen LogP contribution in [0, 0.1) is 0 Å². The SMILES string of the molecule is NC(=O)CCNC(=O)c1cn[nH]c1-c1ccccn1. The van der Waals surface area contributed by atoms with Crippen LogP contribution in [-0.2, 0) is 4.79 Å². The summed E-state index contributed by atoms with van der Waals surface area (Å²) in [6, 6.07) is 5.37. The third-order valence-corrected chi connectivity index (χ3v) is 2.46. The van der Waals surface area contributed by atoms with Gasteiger partial charge in [0.2, 0.25) is 5.91 Å². The largest absolute Gasteiger partial charge is 0.370 e. The van der Waals surface area contributed by atoms with E-state index in [9.17, 15) is 9.59 Å². The van der Waals surface area contributed by atoms with Crippen LogP contribution in [-0.4, -0.2) is 33.5 Å². The standard InChI is InChI=1S/C12H13N5O2/c13-10(18)4-6-15-12(19)8-7-16-17-11(8)9-3-1-2-5-14-9/h1-3,5,7H,4,6H2,(H2,13,18)(H,15,19)(H,16,17). The molecular formula is C12H13N5O2. The van der Waals surface area contributed by atoms with E-state index >= 15 is 0 Å². The van der Waals surface area contributed by atoms with Crippen LogP contribution in [0.1, 0.15) is 16.8 Å². The molecule has 2 amide bonds. The number of aromatic nitrogens is 3. The van der Waals surface area contributed by atoms with E-state index in [-0.39, 0.29) is 18.9 Å². The fraction of sp³-hybridized carbons (Fsp3) is 0.167. The Morgan fingerprint density at radius 2 is 2.21 bits per heavy atom. The summed E-state index contributed by atoms with van der Waals surface area (Å²) >= 11 is 0. The predicted molar refractivity (Wildman–Crippen MR) is 68.0 cm³/mol. The number of primary amides is 1. The zero-order valence-corrected chi connectivity index (χ0v) is 10.1. The molecule has 7 nitrogen and oxygen atoms in total. The van der Waals surface area contributed by atoms with Gasteiger partial charge in [0.15, 0.2) is 0 Å². The highest BCUT2D eigenvalue weighted by molar-refractivity contribution is 5.99. The summed E-state index contributed by atoms with van der Waals surface area (Å²) in [6.07, 6.45) is 3.15. The van der Waals surface area contributed by atoms with Gasteiger partial charge < -0.3 is 11.1 Å². The molecule has 0 bridgehead atoms.